The topological polar surface area (TPSA) is 71.7 Å². The Morgan fingerprint density at radius 2 is 1.96 bits per heavy atom. The van der Waals surface area contributed by atoms with Crippen LogP contribution in [0.5, 0.6) is 0 Å². The van der Waals surface area contributed by atoms with Gasteiger partial charge in [0, 0.05) is 18.5 Å². The summed E-state index contributed by atoms with van der Waals surface area (Å²) >= 11 is 0. The van der Waals surface area contributed by atoms with Gasteiger partial charge in [0.2, 0.25) is 11.7 Å². The summed E-state index contributed by atoms with van der Waals surface area (Å²) in [4.78, 5) is 21.7. The van der Waals surface area contributed by atoms with E-state index in [4.69, 9.17) is 9.26 Å². The molecule has 1 amide bonds. The van der Waals surface area contributed by atoms with Gasteiger partial charge in [-0.1, -0.05) is 35.5 Å². The monoisotopic (exact) mass is 370 g/mol. The lowest BCUT2D eigenvalue weighted by Gasteiger charge is -2.35. The van der Waals surface area contributed by atoms with Crippen molar-refractivity contribution in [2.24, 2.45) is 5.92 Å². The minimum absolute atomic E-state index is 0.164. The SMILES string of the molecule is CN1CCC(CC(=O)N2CCOCC2c2nc(-c3ccccc3)no2)CC1. The van der Waals surface area contributed by atoms with E-state index in [1.807, 2.05) is 35.2 Å². The third kappa shape index (κ3) is 4.20. The molecule has 1 aromatic heterocycles. The van der Waals surface area contributed by atoms with Gasteiger partial charge in [0.15, 0.2) is 0 Å². The van der Waals surface area contributed by atoms with Crippen molar-refractivity contribution >= 4 is 5.91 Å². The Hall–Kier alpha value is -2.25. The van der Waals surface area contributed by atoms with Crippen molar-refractivity contribution in [3.05, 3.63) is 36.2 Å². The molecule has 0 aliphatic carbocycles. The summed E-state index contributed by atoms with van der Waals surface area (Å²) in [6.07, 6.45) is 2.75. The number of hydrogen-bond acceptors (Lipinski definition) is 6. The molecule has 7 heteroatoms. The predicted molar refractivity (Wildman–Crippen MR) is 99.8 cm³/mol. The highest BCUT2D eigenvalue weighted by Gasteiger charge is 2.34. The standard InChI is InChI=1S/C20H26N4O3/c1-23-9-7-15(8-10-23)13-18(25)24-11-12-26-14-17(24)20-21-19(22-27-20)16-5-3-2-4-6-16/h2-6,15,17H,7-14H2,1H3. The van der Waals surface area contributed by atoms with Crippen molar-refractivity contribution in [2.75, 3.05) is 39.9 Å². The maximum absolute atomic E-state index is 13.0. The number of rotatable bonds is 4. The molecular weight excluding hydrogens is 344 g/mol. The third-order valence-electron chi connectivity index (χ3n) is 5.51. The van der Waals surface area contributed by atoms with E-state index < -0.39 is 0 Å². The minimum Gasteiger partial charge on any atom is -0.377 e. The lowest BCUT2D eigenvalue weighted by Crippen LogP contribution is -2.44. The number of benzene rings is 1. The Balaban J connectivity index is 1.46. The van der Waals surface area contributed by atoms with Gasteiger partial charge in [-0.15, -0.1) is 0 Å². The number of likely N-dealkylation sites (tertiary alicyclic amines) is 1. The van der Waals surface area contributed by atoms with Crippen molar-refractivity contribution in [3.63, 3.8) is 0 Å². The van der Waals surface area contributed by atoms with E-state index >= 15 is 0 Å². The molecule has 2 fully saturated rings. The van der Waals surface area contributed by atoms with Crippen LogP contribution in [0.3, 0.4) is 0 Å². The molecule has 4 rings (SSSR count). The van der Waals surface area contributed by atoms with E-state index in [0.29, 0.717) is 43.8 Å². The Kier molecular flexibility index (Phi) is 5.50. The van der Waals surface area contributed by atoms with Crippen LogP contribution >= 0.6 is 0 Å². The maximum atomic E-state index is 13.0. The van der Waals surface area contributed by atoms with Crippen LogP contribution in [-0.4, -0.2) is 65.7 Å². The van der Waals surface area contributed by atoms with Gasteiger partial charge in [-0.3, -0.25) is 4.79 Å². The summed E-state index contributed by atoms with van der Waals surface area (Å²) in [5, 5.41) is 4.09. The van der Waals surface area contributed by atoms with Gasteiger partial charge in [0.1, 0.15) is 6.04 Å². The molecule has 3 heterocycles. The molecule has 0 radical (unpaired) electrons. The Morgan fingerprint density at radius 3 is 2.74 bits per heavy atom. The Morgan fingerprint density at radius 1 is 1.19 bits per heavy atom. The van der Waals surface area contributed by atoms with E-state index in [1.165, 1.54) is 0 Å². The van der Waals surface area contributed by atoms with Crippen LogP contribution in [0, 0.1) is 5.92 Å². The van der Waals surface area contributed by atoms with E-state index in [2.05, 4.69) is 22.1 Å². The summed E-state index contributed by atoms with van der Waals surface area (Å²) in [5.74, 6) is 1.61. The number of carbonyl (C=O) groups is 1. The molecule has 0 saturated carbocycles. The molecule has 2 aromatic rings. The molecule has 1 unspecified atom stereocenters. The normalized spacial score (nSPS) is 22.1. The lowest BCUT2D eigenvalue weighted by atomic mass is 9.93. The van der Waals surface area contributed by atoms with Crippen molar-refractivity contribution in [1.82, 2.24) is 19.9 Å². The highest BCUT2D eigenvalue weighted by molar-refractivity contribution is 5.77. The molecule has 0 N–H and O–H groups in total. The van der Waals surface area contributed by atoms with E-state index in [0.717, 1.165) is 31.5 Å². The quantitative estimate of drug-likeness (QED) is 0.823. The molecule has 7 nitrogen and oxygen atoms in total. The van der Waals surface area contributed by atoms with Crippen LogP contribution < -0.4 is 0 Å². The zero-order valence-electron chi connectivity index (χ0n) is 15.7. The van der Waals surface area contributed by atoms with Crippen LogP contribution in [0.1, 0.15) is 31.2 Å². The number of carbonyl (C=O) groups excluding carboxylic acids is 1. The van der Waals surface area contributed by atoms with Crippen LogP contribution in [0.4, 0.5) is 0 Å². The number of morpholine rings is 1. The number of hydrogen-bond donors (Lipinski definition) is 0. The molecule has 0 bridgehead atoms. The van der Waals surface area contributed by atoms with Crippen LogP contribution in [0.25, 0.3) is 11.4 Å². The number of piperidine rings is 1. The zero-order valence-corrected chi connectivity index (χ0v) is 15.7. The highest BCUT2D eigenvalue weighted by atomic mass is 16.5. The van der Waals surface area contributed by atoms with Crippen molar-refractivity contribution < 1.29 is 14.1 Å². The van der Waals surface area contributed by atoms with Crippen molar-refractivity contribution in [2.45, 2.75) is 25.3 Å². The Bertz CT molecular complexity index is 756. The predicted octanol–water partition coefficient (Wildman–Crippen LogP) is 2.37. The molecule has 2 saturated heterocycles. The van der Waals surface area contributed by atoms with Gasteiger partial charge in [0.25, 0.3) is 5.89 Å². The fraction of sp³-hybridized carbons (Fsp3) is 0.550. The van der Waals surface area contributed by atoms with E-state index in [9.17, 15) is 4.79 Å². The number of amides is 1. The second-order valence-corrected chi connectivity index (χ2v) is 7.45. The summed E-state index contributed by atoms with van der Waals surface area (Å²) in [5.41, 5.74) is 0.897. The first kappa shape index (κ1) is 18.1. The van der Waals surface area contributed by atoms with Crippen LogP contribution in [0.2, 0.25) is 0 Å². The van der Waals surface area contributed by atoms with Gasteiger partial charge in [-0.25, -0.2) is 0 Å². The smallest absolute Gasteiger partial charge is 0.252 e. The van der Waals surface area contributed by atoms with Crippen molar-refractivity contribution in [3.8, 4) is 11.4 Å². The van der Waals surface area contributed by atoms with Crippen LogP contribution in [0.15, 0.2) is 34.9 Å². The summed E-state index contributed by atoms with van der Waals surface area (Å²) < 4.78 is 11.1. The molecular formula is C20H26N4O3. The van der Waals surface area contributed by atoms with E-state index in [1.54, 1.807) is 0 Å². The summed E-state index contributed by atoms with van der Waals surface area (Å²) in [6, 6.07) is 9.40. The molecule has 2 aliphatic heterocycles. The molecule has 144 valence electrons. The van der Waals surface area contributed by atoms with Crippen molar-refractivity contribution in [1.29, 1.82) is 0 Å². The molecule has 0 spiro atoms. The fourth-order valence-electron chi connectivity index (χ4n) is 3.81. The fourth-order valence-corrected chi connectivity index (χ4v) is 3.81. The van der Waals surface area contributed by atoms with Gasteiger partial charge >= 0.3 is 0 Å². The highest BCUT2D eigenvalue weighted by Crippen LogP contribution is 2.28. The first-order chi connectivity index (χ1) is 13.2. The van der Waals surface area contributed by atoms with E-state index in [-0.39, 0.29) is 11.9 Å². The second kappa shape index (κ2) is 8.19. The van der Waals surface area contributed by atoms with Gasteiger partial charge in [-0.2, -0.15) is 4.98 Å². The summed E-state index contributed by atoms with van der Waals surface area (Å²) in [6.45, 7) is 3.65. The van der Waals surface area contributed by atoms with Gasteiger partial charge in [0.05, 0.1) is 13.2 Å². The van der Waals surface area contributed by atoms with Crippen LogP contribution in [-0.2, 0) is 9.53 Å². The average Bonchev–Trinajstić information content (AvgIpc) is 3.20. The molecule has 27 heavy (non-hydrogen) atoms. The number of nitrogens with zero attached hydrogens (tertiary/aromatic N) is 4. The second-order valence-electron chi connectivity index (χ2n) is 7.45. The average molecular weight is 370 g/mol. The van der Waals surface area contributed by atoms with Gasteiger partial charge in [-0.05, 0) is 38.9 Å². The first-order valence-electron chi connectivity index (χ1n) is 9.65. The molecule has 1 atom stereocenters. The first-order valence-corrected chi connectivity index (χ1v) is 9.65. The molecule has 2 aliphatic rings. The summed E-state index contributed by atoms with van der Waals surface area (Å²) in [7, 11) is 2.13. The Labute approximate surface area is 159 Å². The number of aromatic nitrogens is 2. The molecule has 1 aromatic carbocycles. The minimum atomic E-state index is -0.303. The zero-order chi connectivity index (χ0) is 18.6. The number of ether oxygens (including phenoxy) is 1. The third-order valence-corrected chi connectivity index (χ3v) is 5.51. The largest absolute Gasteiger partial charge is 0.377 e. The van der Waals surface area contributed by atoms with Gasteiger partial charge < -0.3 is 19.1 Å². The maximum Gasteiger partial charge on any atom is 0.252 e. The lowest BCUT2D eigenvalue weighted by molar-refractivity contribution is -0.142.